The number of carbonyl (C=O) groups excluding carboxylic acids is 1. The van der Waals surface area contributed by atoms with Gasteiger partial charge in [0.15, 0.2) is 0 Å². The van der Waals surface area contributed by atoms with Crippen molar-refractivity contribution in [3.05, 3.63) is 16.3 Å². The molecule has 0 bridgehead atoms. The lowest BCUT2D eigenvalue weighted by Crippen LogP contribution is -2.33. The largest absolute Gasteiger partial charge is 0.325 e. The van der Waals surface area contributed by atoms with Gasteiger partial charge in [-0.3, -0.25) is 4.79 Å². The number of rotatable bonds is 4. The van der Waals surface area contributed by atoms with Gasteiger partial charge in [0.25, 0.3) is 0 Å². The number of thiophene rings is 1. The van der Waals surface area contributed by atoms with Crippen molar-refractivity contribution in [3.8, 4) is 0 Å². The molecule has 1 heterocycles. The Kier molecular flexibility index (Phi) is 4.78. The molecule has 1 fully saturated rings. The van der Waals surface area contributed by atoms with Crippen LogP contribution >= 0.6 is 11.3 Å². The fourth-order valence-corrected chi connectivity index (χ4v) is 3.42. The average molecular weight is 266 g/mol. The highest BCUT2D eigenvalue weighted by atomic mass is 32.1. The van der Waals surface area contributed by atoms with Crippen LogP contribution in [0.5, 0.6) is 0 Å². The molecule has 0 aromatic carbocycles. The van der Waals surface area contributed by atoms with E-state index in [4.69, 9.17) is 0 Å². The lowest BCUT2D eigenvalue weighted by molar-refractivity contribution is -0.114. The zero-order valence-electron chi connectivity index (χ0n) is 11.2. The summed E-state index contributed by atoms with van der Waals surface area (Å²) in [5.41, 5.74) is 0.962. The van der Waals surface area contributed by atoms with Gasteiger partial charge in [-0.1, -0.05) is 19.8 Å². The van der Waals surface area contributed by atoms with E-state index >= 15 is 0 Å². The molecule has 1 amide bonds. The van der Waals surface area contributed by atoms with E-state index in [0.29, 0.717) is 6.04 Å². The minimum Gasteiger partial charge on any atom is -0.325 e. The van der Waals surface area contributed by atoms with Crippen LogP contribution in [0.2, 0.25) is 0 Å². The first kappa shape index (κ1) is 13.6. The molecule has 2 N–H and O–H groups in total. The van der Waals surface area contributed by atoms with Crippen LogP contribution < -0.4 is 10.6 Å². The van der Waals surface area contributed by atoms with Crippen LogP contribution in [0.25, 0.3) is 0 Å². The summed E-state index contributed by atoms with van der Waals surface area (Å²) in [7, 11) is 0. The zero-order chi connectivity index (χ0) is 13.0. The van der Waals surface area contributed by atoms with Crippen molar-refractivity contribution >= 4 is 22.9 Å². The first-order valence-corrected chi connectivity index (χ1v) is 7.60. The maximum atomic E-state index is 11.1. The van der Waals surface area contributed by atoms with Gasteiger partial charge in [-0.25, -0.2) is 0 Å². The number of hydrogen-bond acceptors (Lipinski definition) is 3. The minimum atomic E-state index is 0.000869. The molecule has 1 aliphatic rings. The van der Waals surface area contributed by atoms with Crippen molar-refractivity contribution in [2.24, 2.45) is 5.92 Å². The zero-order valence-corrected chi connectivity index (χ0v) is 12.0. The number of hydrogen-bond donors (Lipinski definition) is 2. The molecular formula is C14H22N2OS. The van der Waals surface area contributed by atoms with E-state index in [1.54, 1.807) is 18.3 Å². The highest BCUT2D eigenvalue weighted by Gasteiger charge is 2.18. The van der Waals surface area contributed by atoms with Crippen LogP contribution in [-0.4, -0.2) is 11.9 Å². The molecule has 2 rings (SSSR count). The minimum absolute atomic E-state index is 0.000869. The van der Waals surface area contributed by atoms with Gasteiger partial charge in [-0.05, 0) is 30.2 Å². The second kappa shape index (κ2) is 6.34. The smallest absolute Gasteiger partial charge is 0.221 e. The van der Waals surface area contributed by atoms with Gasteiger partial charge in [-0.2, -0.15) is 0 Å². The van der Waals surface area contributed by atoms with E-state index < -0.39 is 0 Å². The summed E-state index contributed by atoms with van der Waals surface area (Å²) in [6, 6.07) is 2.62. The van der Waals surface area contributed by atoms with Gasteiger partial charge >= 0.3 is 0 Å². The van der Waals surface area contributed by atoms with Gasteiger partial charge in [0.1, 0.15) is 0 Å². The Hall–Kier alpha value is -0.870. The monoisotopic (exact) mass is 266 g/mol. The second-order valence-corrected chi connectivity index (χ2v) is 6.29. The predicted molar refractivity (Wildman–Crippen MR) is 76.9 cm³/mol. The van der Waals surface area contributed by atoms with E-state index in [9.17, 15) is 4.79 Å². The standard InChI is InChI=1S/C14H22N2OS/c1-10-4-3-5-12(8-10)15-9-14-13(6-7-18-14)16-11(2)17/h6-7,10,12,15H,3-5,8-9H2,1-2H3,(H,16,17). The summed E-state index contributed by atoms with van der Waals surface area (Å²) in [6.45, 7) is 4.75. The molecule has 2 atom stereocenters. The van der Waals surface area contributed by atoms with E-state index in [-0.39, 0.29) is 5.91 Å². The summed E-state index contributed by atoms with van der Waals surface area (Å²) < 4.78 is 0. The van der Waals surface area contributed by atoms with Gasteiger partial charge < -0.3 is 10.6 Å². The Labute approximate surface area is 113 Å². The number of nitrogens with one attached hydrogen (secondary N) is 2. The van der Waals surface area contributed by atoms with Crippen molar-refractivity contribution < 1.29 is 4.79 Å². The molecule has 4 heteroatoms. The van der Waals surface area contributed by atoms with Crippen molar-refractivity contribution in [1.82, 2.24) is 5.32 Å². The van der Waals surface area contributed by atoms with Crippen LogP contribution in [0, 0.1) is 5.92 Å². The van der Waals surface area contributed by atoms with Crippen LogP contribution in [0.3, 0.4) is 0 Å². The Morgan fingerprint density at radius 3 is 3.06 bits per heavy atom. The third-order valence-corrected chi connectivity index (χ3v) is 4.46. The normalized spacial score (nSPS) is 23.9. The quantitative estimate of drug-likeness (QED) is 0.877. The fourth-order valence-electron chi connectivity index (χ4n) is 2.64. The molecule has 3 nitrogen and oxygen atoms in total. The molecule has 18 heavy (non-hydrogen) atoms. The predicted octanol–water partition coefficient (Wildman–Crippen LogP) is 3.37. The fraction of sp³-hybridized carbons (Fsp3) is 0.643. The molecule has 100 valence electrons. The van der Waals surface area contributed by atoms with Crippen molar-refractivity contribution in [2.75, 3.05) is 5.32 Å². The van der Waals surface area contributed by atoms with Crippen LogP contribution in [0.15, 0.2) is 11.4 Å². The summed E-state index contributed by atoms with van der Waals surface area (Å²) in [6.07, 6.45) is 5.27. The molecule has 0 aliphatic heterocycles. The first-order chi connectivity index (χ1) is 8.65. The number of amides is 1. The molecule has 1 aliphatic carbocycles. The average Bonchev–Trinajstić information content (AvgIpc) is 2.73. The Balaban J connectivity index is 1.86. The Morgan fingerprint density at radius 1 is 1.50 bits per heavy atom. The van der Waals surface area contributed by atoms with E-state index in [2.05, 4.69) is 17.6 Å². The lowest BCUT2D eigenvalue weighted by Gasteiger charge is -2.27. The van der Waals surface area contributed by atoms with Crippen LogP contribution in [0.1, 0.15) is 44.4 Å². The Morgan fingerprint density at radius 2 is 2.33 bits per heavy atom. The molecule has 1 aromatic heterocycles. The molecule has 1 aromatic rings. The molecular weight excluding hydrogens is 244 g/mol. The lowest BCUT2D eigenvalue weighted by atomic mass is 9.87. The van der Waals surface area contributed by atoms with Gasteiger partial charge in [0, 0.05) is 24.4 Å². The summed E-state index contributed by atoms with van der Waals surface area (Å²) in [5, 5.41) is 8.54. The highest BCUT2D eigenvalue weighted by molar-refractivity contribution is 7.10. The molecule has 0 saturated heterocycles. The molecule has 0 spiro atoms. The maximum absolute atomic E-state index is 11.1. The van der Waals surface area contributed by atoms with Gasteiger partial charge in [0.2, 0.25) is 5.91 Å². The molecule has 2 unspecified atom stereocenters. The van der Waals surface area contributed by atoms with E-state index in [1.807, 2.05) is 11.4 Å². The first-order valence-electron chi connectivity index (χ1n) is 6.72. The van der Waals surface area contributed by atoms with Crippen molar-refractivity contribution in [3.63, 3.8) is 0 Å². The second-order valence-electron chi connectivity index (χ2n) is 5.29. The SMILES string of the molecule is CC(=O)Nc1ccsc1CNC1CCCC(C)C1. The highest BCUT2D eigenvalue weighted by Crippen LogP contribution is 2.26. The van der Waals surface area contributed by atoms with Gasteiger partial charge in [-0.15, -0.1) is 11.3 Å². The Bertz CT molecular complexity index is 402. The van der Waals surface area contributed by atoms with E-state index in [0.717, 1.165) is 18.2 Å². The summed E-state index contributed by atoms with van der Waals surface area (Å²) in [5.74, 6) is 0.843. The summed E-state index contributed by atoms with van der Waals surface area (Å²) in [4.78, 5) is 12.3. The third kappa shape index (κ3) is 3.82. The molecule has 1 saturated carbocycles. The van der Waals surface area contributed by atoms with Crippen molar-refractivity contribution in [2.45, 2.75) is 52.1 Å². The number of carbonyl (C=O) groups is 1. The van der Waals surface area contributed by atoms with Crippen LogP contribution in [0.4, 0.5) is 5.69 Å². The third-order valence-electron chi connectivity index (χ3n) is 3.54. The maximum Gasteiger partial charge on any atom is 0.221 e. The van der Waals surface area contributed by atoms with Crippen LogP contribution in [-0.2, 0) is 11.3 Å². The topological polar surface area (TPSA) is 41.1 Å². The van der Waals surface area contributed by atoms with Gasteiger partial charge in [0.05, 0.1) is 5.69 Å². The number of anilines is 1. The molecule has 0 radical (unpaired) electrons. The summed E-state index contributed by atoms with van der Waals surface area (Å²) >= 11 is 1.70. The van der Waals surface area contributed by atoms with Crippen molar-refractivity contribution in [1.29, 1.82) is 0 Å². The van der Waals surface area contributed by atoms with E-state index in [1.165, 1.54) is 30.6 Å².